The smallest absolute Gasteiger partial charge is 0.320 e. The molecule has 7 nitrogen and oxygen atoms in total. The number of hydrogen-bond acceptors (Lipinski definition) is 5. The average Bonchev–Trinajstić information content (AvgIpc) is 3.39. The minimum absolute atomic E-state index is 0.0499. The van der Waals surface area contributed by atoms with Crippen molar-refractivity contribution in [3.63, 3.8) is 0 Å². The zero-order chi connectivity index (χ0) is 23.1. The van der Waals surface area contributed by atoms with E-state index in [4.69, 9.17) is 4.78 Å². The van der Waals surface area contributed by atoms with Gasteiger partial charge in [0.15, 0.2) is 0 Å². The molecule has 4 aliphatic rings. The topological polar surface area (TPSA) is 101 Å². The highest BCUT2D eigenvalue weighted by Crippen LogP contribution is 2.70. The Morgan fingerprint density at radius 3 is 2.53 bits per heavy atom. The van der Waals surface area contributed by atoms with Crippen molar-refractivity contribution in [3.8, 4) is 0 Å². The van der Waals surface area contributed by atoms with E-state index < -0.39 is 44.2 Å². The normalized spacial score (nSPS) is 28.4. The molecule has 2 heterocycles. The Kier molecular flexibility index (Phi) is 4.35. The molecule has 1 amide bonds. The summed E-state index contributed by atoms with van der Waals surface area (Å²) in [5.74, 6) is -1.36. The molecule has 0 aliphatic heterocycles. The SMILES string of the molecule is CS(=N)(=O)c1cc(NC(=O)c2c(C(F)(F)F)c(C3CC3)nn2CC23CC(F)(C2)C3)ccn1. The van der Waals surface area contributed by atoms with Crippen molar-refractivity contribution >= 4 is 21.3 Å². The van der Waals surface area contributed by atoms with Gasteiger partial charge in [-0.1, -0.05) is 0 Å². The van der Waals surface area contributed by atoms with Gasteiger partial charge in [0.05, 0.1) is 15.4 Å². The van der Waals surface area contributed by atoms with Crippen molar-refractivity contribution in [2.45, 2.75) is 61.4 Å². The van der Waals surface area contributed by atoms with Crippen molar-refractivity contribution in [3.05, 3.63) is 35.3 Å². The third-order valence-corrected chi connectivity index (χ3v) is 7.42. The maximum absolute atomic E-state index is 14.1. The first-order valence-corrected chi connectivity index (χ1v) is 12.1. The standard InChI is InChI=1S/C20H21F4N5O2S/c1-32(25,31)13-6-12(4-5-26-13)27-17(30)16-14(20(22,23)24)15(11-2-3-11)28-29(16)10-18-7-19(21,8-18)9-18/h4-6,11,25H,2-3,7-10H2,1H3,(H,26,27,30). The second-order valence-corrected chi connectivity index (χ2v) is 11.5. The number of carbonyl (C=O) groups is 1. The van der Waals surface area contributed by atoms with Gasteiger partial charge in [-0.05, 0) is 49.7 Å². The Bertz CT molecular complexity index is 1210. The lowest BCUT2D eigenvalue weighted by atomic mass is 9.42. The number of anilines is 1. The molecule has 0 spiro atoms. The van der Waals surface area contributed by atoms with Crippen LogP contribution in [0.4, 0.5) is 23.2 Å². The van der Waals surface area contributed by atoms with Crippen LogP contribution in [0, 0.1) is 10.2 Å². The third-order valence-electron chi connectivity index (χ3n) is 6.39. The lowest BCUT2D eigenvalue weighted by Gasteiger charge is -2.65. The molecule has 172 valence electrons. The predicted octanol–water partition coefficient (Wildman–Crippen LogP) is 4.35. The average molecular weight is 471 g/mol. The van der Waals surface area contributed by atoms with Gasteiger partial charge in [-0.25, -0.2) is 18.4 Å². The molecule has 32 heavy (non-hydrogen) atoms. The van der Waals surface area contributed by atoms with E-state index in [0.29, 0.717) is 12.8 Å². The van der Waals surface area contributed by atoms with Crippen LogP contribution in [0.2, 0.25) is 0 Å². The van der Waals surface area contributed by atoms with Gasteiger partial charge in [-0.2, -0.15) is 18.3 Å². The molecule has 2 N–H and O–H groups in total. The molecule has 2 bridgehead atoms. The lowest BCUT2D eigenvalue weighted by Crippen LogP contribution is -2.65. The van der Waals surface area contributed by atoms with E-state index in [1.54, 1.807) is 0 Å². The van der Waals surface area contributed by atoms with Gasteiger partial charge < -0.3 is 5.32 Å². The Morgan fingerprint density at radius 1 is 1.34 bits per heavy atom. The molecule has 4 saturated carbocycles. The monoisotopic (exact) mass is 471 g/mol. The zero-order valence-electron chi connectivity index (χ0n) is 17.1. The van der Waals surface area contributed by atoms with E-state index in [9.17, 15) is 26.6 Å². The molecular weight excluding hydrogens is 450 g/mol. The first kappa shape index (κ1) is 21.4. The first-order valence-electron chi connectivity index (χ1n) is 10.2. The van der Waals surface area contributed by atoms with Crippen LogP contribution in [0.3, 0.4) is 0 Å². The number of nitrogens with one attached hydrogen (secondary N) is 2. The summed E-state index contributed by atoms with van der Waals surface area (Å²) in [5.41, 5.74) is -3.39. The first-order chi connectivity index (χ1) is 14.8. The fourth-order valence-corrected chi connectivity index (χ4v) is 5.60. The molecule has 1 atom stereocenters. The van der Waals surface area contributed by atoms with Crippen LogP contribution in [0.15, 0.2) is 23.4 Å². The molecule has 0 radical (unpaired) electrons. The highest BCUT2D eigenvalue weighted by atomic mass is 32.2. The minimum atomic E-state index is -4.79. The van der Waals surface area contributed by atoms with Crippen LogP contribution in [0.5, 0.6) is 0 Å². The van der Waals surface area contributed by atoms with Crippen molar-refractivity contribution in [2.75, 3.05) is 11.6 Å². The highest BCUT2D eigenvalue weighted by Gasteiger charge is 2.69. The van der Waals surface area contributed by atoms with E-state index >= 15 is 0 Å². The maximum atomic E-state index is 14.1. The molecule has 4 aliphatic carbocycles. The Labute approximate surface area is 181 Å². The van der Waals surface area contributed by atoms with Gasteiger partial charge in [0.25, 0.3) is 5.91 Å². The van der Waals surface area contributed by atoms with Crippen molar-refractivity contribution in [1.82, 2.24) is 14.8 Å². The maximum Gasteiger partial charge on any atom is 0.420 e. The Balaban J connectivity index is 1.53. The molecule has 0 saturated heterocycles. The quantitative estimate of drug-likeness (QED) is 0.612. The summed E-state index contributed by atoms with van der Waals surface area (Å²) in [4.78, 5) is 16.9. The Hall–Kier alpha value is -2.50. The number of carbonyl (C=O) groups excluding carboxylic acids is 1. The molecule has 2 aromatic heterocycles. The summed E-state index contributed by atoms with van der Waals surface area (Å²) in [5, 5.41) is 6.52. The van der Waals surface area contributed by atoms with Gasteiger partial charge in [-0.15, -0.1) is 0 Å². The summed E-state index contributed by atoms with van der Waals surface area (Å²) in [7, 11) is -3.18. The lowest BCUT2D eigenvalue weighted by molar-refractivity contribution is -0.221. The summed E-state index contributed by atoms with van der Waals surface area (Å²) in [6.45, 7) is 0.0499. The summed E-state index contributed by atoms with van der Waals surface area (Å²) < 4.78 is 76.8. The number of hydrogen-bond donors (Lipinski definition) is 2. The molecule has 0 aromatic carbocycles. The number of aromatic nitrogens is 3. The van der Waals surface area contributed by atoms with Gasteiger partial charge in [0.1, 0.15) is 22.0 Å². The van der Waals surface area contributed by atoms with E-state index in [2.05, 4.69) is 15.4 Å². The fraction of sp³-hybridized carbons (Fsp3) is 0.550. The highest BCUT2D eigenvalue weighted by molar-refractivity contribution is 7.91. The van der Waals surface area contributed by atoms with Gasteiger partial charge >= 0.3 is 6.18 Å². The number of halogens is 4. The minimum Gasteiger partial charge on any atom is -0.320 e. The van der Waals surface area contributed by atoms with Gasteiger partial charge in [-0.3, -0.25) is 9.48 Å². The van der Waals surface area contributed by atoms with Crippen molar-refractivity contribution in [2.24, 2.45) is 5.41 Å². The molecule has 12 heteroatoms. The molecule has 1 unspecified atom stereocenters. The number of amides is 1. The van der Waals surface area contributed by atoms with E-state index in [1.807, 2.05) is 0 Å². The van der Waals surface area contributed by atoms with Crippen molar-refractivity contribution < 1.29 is 26.6 Å². The molecule has 6 rings (SSSR count). The molecular formula is C20H21F4N5O2S. The second kappa shape index (κ2) is 6.52. The third kappa shape index (κ3) is 3.57. The van der Waals surface area contributed by atoms with E-state index in [1.165, 1.54) is 18.3 Å². The molecule has 2 aromatic rings. The number of rotatable bonds is 6. The van der Waals surface area contributed by atoms with Crippen LogP contribution in [-0.4, -0.2) is 36.8 Å². The fourth-order valence-electron chi connectivity index (χ4n) is 4.98. The van der Waals surface area contributed by atoms with Crippen LogP contribution in [0.1, 0.15) is 59.8 Å². The van der Waals surface area contributed by atoms with Crippen molar-refractivity contribution in [1.29, 1.82) is 4.78 Å². The zero-order valence-corrected chi connectivity index (χ0v) is 17.9. The number of nitrogens with zero attached hydrogens (tertiary/aromatic N) is 3. The van der Waals surface area contributed by atoms with Crippen LogP contribution in [0.25, 0.3) is 0 Å². The summed E-state index contributed by atoms with van der Waals surface area (Å²) >= 11 is 0. The molecule has 4 fully saturated rings. The predicted molar refractivity (Wildman–Crippen MR) is 107 cm³/mol. The van der Waals surface area contributed by atoms with E-state index in [-0.39, 0.29) is 48.1 Å². The number of pyridine rings is 1. The second-order valence-electron chi connectivity index (χ2n) is 9.40. The summed E-state index contributed by atoms with van der Waals surface area (Å²) in [6.07, 6.45) is -0.463. The number of alkyl halides is 4. The Morgan fingerprint density at radius 2 is 2.00 bits per heavy atom. The summed E-state index contributed by atoms with van der Waals surface area (Å²) in [6, 6.07) is 2.55. The van der Waals surface area contributed by atoms with Crippen LogP contribution >= 0.6 is 0 Å². The van der Waals surface area contributed by atoms with Gasteiger partial charge in [0, 0.05) is 30.6 Å². The van der Waals surface area contributed by atoms with E-state index in [0.717, 1.165) is 10.9 Å². The van der Waals surface area contributed by atoms with Crippen LogP contribution in [-0.2, 0) is 22.5 Å². The largest absolute Gasteiger partial charge is 0.420 e. The van der Waals surface area contributed by atoms with Gasteiger partial charge in [0.2, 0.25) is 0 Å². The van der Waals surface area contributed by atoms with Crippen LogP contribution < -0.4 is 5.32 Å².